The molecule has 1 nitrogen and oxygen atoms in total. The minimum absolute atomic E-state index is 0.317. The van der Waals surface area contributed by atoms with Gasteiger partial charge in [-0.3, -0.25) is 0 Å². The fourth-order valence-electron chi connectivity index (χ4n) is 2.62. The predicted molar refractivity (Wildman–Crippen MR) is 109 cm³/mol. The topological polar surface area (TPSA) is 9.23 Å². The lowest BCUT2D eigenvalue weighted by Crippen LogP contribution is -1.96. The SMILES string of the molecule is CC(/C=C(/Br)c1ccccc1)c1ccc(OCc2ccccc2)cc1. The third kappa shape index (κ3) is 5.07. The standard InChI is InChI=1S/C23H21BrO/c1-18(16-23(24)21-10-6-3-7-11-21)20-12-14-22(15-13-20)25-17-19-8-4-2-5-9-19/h2-16,18H,17H2,1H3/b23-16+. The molecule has 0 aliphatic rings. The maximum absolute atomic E-state index is 5.85. The van der Waals surface area contributed by atoms with E-state index in [1.807, 2.05) is 48.5 Å². The molecule has 0 aromatic heterocycles. The average molecular weight is 393 g/mol. The highest BCUT2D eigenvalue weighted by Crippen LogP contribution is 2.28. The molecule has 0 heterocycles. The van der Waals surface area contributed by atoms with Crippen molar-refractivity contribution < 1.29 is 4.74 Å². The zero-order valence-electron chi connectivity index (χ0n) is 14.2. The van der Waals surface area contributed by atoms with E-state index < -0.39 is 0 Å². The Balaban J connectivity index is 1.63. The van der Waals surface area contributed by atoms with Gasteiger partial charge in [0.25, 0.3) is 0 Å². The van der Waals surface area contributed by atoms with Crippen LogP contribution in [-0.4, -0.2) is 0 Å². The van der Waals surface area contributed by atoms with Crippen LogP contribution in [0.4, 0.5) is 0 Å². The quantitative estimate of drug-likeness (QED) is 0.447. The van der Waals surface area contributed by atoms with E-state index in [1.165, 1.54) is 16.7 Å². The normalized spacial score (nSPS) is 12.6. The molecule has 0 amide bonds. The lowest BCUT2D eigenvalue weighted by molar-refractivity contribution is 0.306. The Kier molecular flexibility index (Phi) is 6.08. The van der Waals surface area contributed by atoms with Gasteiger partial charge in [-0.1, -0.05) is 102 Å². The summed E-state index contributed by atoms with van der Waals surface area (Å²) < 4.78 is 6.97. The predicted octanol–water partition coefficient (Wildman–Crippen LogP) is 6.81. The highest BCUT2D eigenvalue weighted by atomic mass is 79.9. The van der Waals surface area contributed by atoms with Crippen molar-refractivity contribution in [2.75, 3.05) is 0 Å². The van der Waals surface area contributed by atoms with Gasteiger partial charge in [0.05, 0.1) is 0 Å². The fourth-order valence-corrected chi connectivity index (χ4v) is 3.28. The van der Waals surface area contributed by atoms with Crippen molar-refractivity contribution in [3.8, 4) is 5.75 Å². The molecule has 25 heavy (non-hydrogen) atoms. The van der Waals surface area contributed by atoms with Crippen molar-refractivity contribution in [2.24, 2.45) is 0 Å². The first-order valence-corrected chi connectivity index (χ1v) is 9.21. The highest BCUT2D eigenvalue weighted by molar-refractivity contribution is 9.15. The minimum atomic E-state index is 0.317. The van der Waals surface area contributed by atoms with Gasteiger partial charge in [-0.2, -0.15) is 0 Å². The number of hydrogen-bond acceptors (Lipinski definition) is 1. The van der Waals surface area contributed by atoms with E-state index in [9.17, 15) is 0 Å². The summed E-state index contributed by atoms with van der Waals surface area (Å²) in [6.07, 6.45) is 2.23. The van der Waals surface area contributed by atoms with Crippen LogP contribution in [0.25, 0.3) is 4.48 Å². The number of rotatable bonds is 6. The smallest absolute Gasteiger partial charge is 0.119 e. The molecule has 1 atom stereocenters. The van der Waals surface area contributed by atoms with Crippen LogP contribution < -0.4 is 4.74 Å². The van der Waals surface area contributed by atoms with Gasteiger partial charge in [-0.15, -0.1) is 0 Å². The second kappa shape index (κ2) is 8.68. The lowest BCUT2D eigenvalue weighted by Gasteiger charge is -2.11. The zero-order valence-corrected chi connectivity index (χ0v) is 15.8. The van der Waals surface area contributed by atoms with Gasteiger partial charge in [-0.05, 0) is 28.8 Å². The molecular weight excluding hydrogens is 372 g/mol. The molecule has 0 radical (unpaired) electrons. The Bertz CT molecular complexity index is 808. The molecule has 3 aromatic rings. The molecule has 3 rings (SSSR count). The zero-order chi connectivity index (χ0) is 17.5. The summed E-state index contributed by atoms with van der Waals surface area (Å²) in [6.45, 7) is 2.79. The van der Waals surface area contributed by atoms with Crippen molar-refractivity contribution in [1.82, 2.24) is 0 Å². The molecular formula is C23H21BrO. The molecule has 126 valence electrons. The summed E-state index contributed by atoms with van der Waals surface area (Å²) in [7, 11) is 0. The van der Waals surface area contributed by atoms with E-state index in [1.54, 1.807) is 0 Å². The summed E-state index contributed by atoms with van der Waals surface area (Å²) in [6, 6.07) is 28.9. The second-order valence-corrected chi connectivity index (χ2v) is 6.87. The van der Waals surface area contributed by atoms with Crippen LogP contribution in [0.3, 0.4) is 0 Å². The highest BCUT2D eigenvalue weighted by Gasteiger charge is 2.05. The molecule has 0 aliphatic heterocycles. The van der Waals surface area contributed by atoms with E-state index in [0.29, 0.717) is 12.5 Å². The Morgan fingerprint density at radius 2 is 1.48 bits per heavy atom. The summed E-state index contributed by atoms with van der Waals surface area (Å²) in [5, 5.41) is 0. The number of hydrogen-bond donors (Lipinski definition) is 0. The largest absolute Gasteiger partial charge is 0.489 e. The third-order valence-corrected chi connectivity index (χ3v) is 4.82. The molecule has 0 saturated carbocycles. The van der Waals surface area contributed by atoms with Crippen LogP contribution in [0.1, 0.15) is 29.5 Å². The van der Waals surface area contributed by atoms with E-state index in [0.717, 1.165) is 10.2 Å². The number of ether oxygens (including phenoxy) is 1. The Morgan fingerprint density at radius 1 is 0.880 bits per heavy atom. The Hall–Kier alpha value is -2.32. The van der Waals surface area contributed by atoms with Crippen LogP contribution in [0.15, 0.2) is 91.0 Å². The second-order valence-electron chi connectivity index (χ2n) is 6.01. The average Bonchev–Trinajstić information content (AvgIpc) is 2.68. The molecule has 0 spiro atoms. The van der Waals surface area contributed by atoms with Crippen molar-refractivity contribution in [3.63, 3.8) is 0 Å². The van der Waals surface area contributed by atoms with E-state index in [4.69, 9.17) is 4.74 Å². The van der Waals surface area contributed by atoms with Crippen molar-refractivity contribution >= 4 is 20.4 Å². The number of halogens is 1. The third-order valence-electron chi connectivity index (χ3n) is 4.10. The number of allylic oxidation sites excluding steroid dienone is 1. The summed E-state index contributed by atoms with van der Waals surface area (Å²) in [4.78, 5) is 0. The van der Waals surface area contributed by atoms with Gasteiger partial charge < -0.3 is 4.74 Å². The van der Waals surface area contributed by atoms with Crippen molar-refractivity contribution in [3.05, 3.63) is 108 Å². The first kappa shape index (κ1) is 17.5. The summed E-state index contributed by atoms with van der Waals surface area (Å²) >= 11 is 3.69. The molecule has 2 heteroatoms. The molecule has 0 N–H and O–H groups in total. The molecule has 0 saturated heterocycles. The summed E-state index contributed by atoms with van der Waals surface area (Å²) in [5.41, 5.74) is 3.63. The van der Waals surface area contributed by atoms with E-state index >= 15 is 0 Å². The van der Waals surface area contributed by atoms with Gasteiger partial charge in [0.2, 0.25) is 0 Å². The first-order valence-electron chi connectivity index (χ1n) is 8.42. The molecule has 0 aliphatic carbocycles. The monoisotopic (exact) mass is 392 g/mol. The van der Waals surface area contributed by atoms with Gasteiger partial charge >= 0.3 is 0 Å². The minimum Gasteiger partial charge on any atom is -0.489 e. The molecule has 3 aromatic carbocycles. The van der Waals surface area contributed by atoms with Crippen LogP contribution in [0.2, 0.25) is 0 Å². The van der Waals surface area contributed by atoms with Crippen LogP contribution in [-0.2, 0) is 6.61 Å². The molecule has 0 fully saturated rings. The maximum Gasteiger partial charge on any atom is 0.119 e. The lowest BCUT2D eigenvalue weighted by atomic mass is 9.99. The molecule has 0 bridgehead atoms. The summed E-state index contributed by atoms with van der Waals surface area (Å²) in [5.74, 6) is 1.21. The molecule has 1 unspecified atom stereocenters. The van der Waals surface area contributed by atoms with Crippen LogP contribution in [0.5, 0.6) is 5.75 Å². The van der Waals surface area contributed by atoms with E-state index in [-0.39, 0.29) is 0 Å². The maximum atomic E-state index is 5.85. The number of benzene rings is 3. The van der Waals surface area contributed by atoms with Gasteiger partial charge in [-0.25, -0.2) is 0 Å². The van der Waals surface area contributed by atoms with Crippen LogP contribution in [0, 0.1) is 0 Å². The fraction of sp³-hybridized carbons (Fsp3) is 0.130. The van der Waals surface area contributed by atoms with Gasteiger partial charge in [0.15, 0.2) is 0 Å². The van der Waals surface area contributed by atoms with E-state index in [2.05, 4.69) is 65.3 Å². The Labute approximate surface area is 158 Å². The van der Waals surface area contributed by atoms with Crippen molar-refractivity contribution in [1.29, 1.82) is 0 Å². The van der Waals surface area contributed by atoms with Crippen LogP contribution >= 0.6 is 15.9 Å². The Morgan fingerprint density at radius 3 is 2.12 bits per heavy atom. The van der Waals surface area contributed by atoms with Gasteiger partial charge in [0, 0.05) is 10.4 Å². The van der Waals surface area contributed by atoms with Crippen molar-refractivity contribution in [2.45, 2.75) is 19.4 Å². The first-order chi connectivity index (χ1) is 12.2. The van der Waals surface area contributed by atoms with Gasteiger partial charge in [0.1, 0.15) is 12.4 Å².